The maximum atomic E-state index is 14.2. The summed E-state index contributed by atoms with van der Waals surface area (Å²) in [6.07, 6.45) is -3.71. The SMILES string of the molecule is Cc1cc(C)c(C2C(C#N)=C(N)N(c3ccc(Cl)cc3C(F)(F)F)C3=C2C(=O)CCC3)cc1CSc1ccc(Cl)cc1. The highest BCUT2D eigenvalue weighted by atomic mass is 35.5. The van der Waals surface area contributed by atoms with Crippen LogP contribution in [0.4, 0.5) is 18.9 Å². The Morgan fingerprint density at radius 3 is 2.38 bits per heavy atom. The molecule has 0 spiro atoms. The standard InChI is InChI=1S/C32H26Cl2F3N3OS/c1-17-12-18(2)23(13-19(17)16-42-22-9-6-20(33)7-10-22)29-24(15-38)31(39)40(27-4-3-5-28(41)30(27)29)26-11-8-21(34)14-25(26)32(35,36)37/h6-14,29H,3-5,16,39H2,1-2H3. The van der Waals surface area contributed by atoms with E-state index in [0.717, 1.165) is 33.2 Å². The normalized spacial score (nSPS) is 17.4. The zero-order valence-electron chi connectivity index (χ0n) is 22.8. The number of nitrogens with zero attached hydrogens (tertiary/aromatic N) is 2. The molecule has 2 aliphatic rings. The zero-order valence-corrected chi connectivity index (χ0v) is 25.1. The van der Waals surface area contributed by atoms with Crippen molar-refractivity contribution in [3.8, 4) is 6.07 Å². The Morgan fingerprint density at radius 1 is 1.02 bits per heavy atom. The highest BCUT2D eigenvalue weighted by Gasteiger charge is 2.43. The average molecular weight is 629 g/mol. The molecule has 5 rings (SSSR count). The van der Waals surface area contributed by atoms with Crippen molar-refractivity contribution in [3.05, 3.63) is 115 Å². The number of benzene rings is 3. The monoisotopic (exact) mass is 627 g/mol. The molecule has 0 radical (unpaired) electrons. The van der Waals surface area contributed by atoms with Crippen LogP contribution < -0.4 is 10.6 Å². The third-order valence-electron chi connectivity index (χ3n) is 7.66. The molecule has 1 aliphatic heterocycles. The Morgan fingerprint density at radius 2 is 1.71 bits per heavy atom. The summed E-state index contributed by atoms with van der Waals surface area (Å²) in [5, 5.41) is 11.0. The maximum Gasteiger partial charge on any atom is 0.418 e. The fraction of sp³-hybridized carbons (Fsp3) is 0.250. The van der Waals surface area contributed by atoms with Crippen LogP contribution in [0.3, 0.4) is 0 Å². The molecule has 3 aromatic rings. The van der Waals surface area contributed by atoms with Gasteiger partial charge in [0.15, 0.2) is 5.78 Å². The van der Waals surface area contributed by atoms with Gasteiger partial charge >= 0.3 is 6.18 Å². The van der Waals surface area contributed by atoms with Crippen LogP contribution in [0.5, 0.6) is 0 Å². The fourth-order valence-electron chi connectivity index (χ4n) is 5.68. The molecule has 0 bridgehead atoms. The van der Waals surface area contributed by atoms with Gasteiger partial charge in [0.2, 0.25) is 0 Å². The van der Waals surface area contributed by atoms with Crippen molar-refractivity contribution in [1.29, 1.82) is 5.26 Å². The minimum absolute atomic E-state index is 0.0373. The van der Waals surface area contributed by atoms with Gasteiger partial charge in [0.25, 0.3) is 0 Å². The van der Waals surface area contributed by atoms with Crippen molar-refractivity contribution in [2.24, 2.45) is 5.73 Å². The number of allylic oxidation sites excluding steroid dienone is 3. The zero-order chi connectivity index (χ0) is 30.3. The van der Waals surface area contributed by atoms with Gasteiger partial charge in [-0.1, -0.05) is 35.3 Å². The molecular formula is C32H26Cl2F3N3OS. The molecule has 1 aliphatic carbocycles. The van der Waals surface area contributed by atoms with E-state index in [1.807, 2.05) is 50.2 Å². The lowest BCUT2D eigenvalue weighted by atomic mass is 9.74. The van der Waals surface area contributed by atoms with Crippen LogP contribution in [-0.2, 0) is 16.7 Å². The second-order valence-corrected chi connectivity index (χ2v) is 12.3. The van der Waals surface area contributed by atoms with E-state index in [4.69, 9.17) is 28.9 Å². The van der Waals surface area contributed by atoms with Crippen LogP contribution in [-0.4, -0.2) is 5.78 Å². The third kappa shape index (κ3) is 5.66. The van der Waals surface area contributed by atoms with E-state index in [-0.39, 0.29) is 34.3 Å². The number of rotatable bonds is 5. The number of Topliss-reactive ketones (excluding diaryl/α,β-unsaturated/α-hetero) is 1. The Bertz CT molecular complexity index is 1690. The van der Waals surface area contributed by atoms with Crippen LogP contribution in [0.25, 0.3) is 0 Å². The molecule has 2 N–H and O–H groups in total. The first-order valence-corrected chi connectivity index (χ1v) is 15.0. The molecule has 3 aromatic carbocycles. The number of alkyl halides is 3. The third-order valence-corrected chi connectivity index (χ3v) is 9.21. The highest BCUT2D eigenvalue weighted by Crippen LogP contribution is 2.50. The molecule has 1 atom stereocenters. The summed E-state index contributed by atoms with van der Waals surface area (Å²) in [7, 11) is 0. The van der Waals surface area contributed by atoms with E-state index in [9.17, 15) is 23.2 Å². The summed E-state index contributed by atoms with van der Waals surface area (Å²) in [4.78, 5) is 15.9. The van der Waals surface area contributed by atoms with Crippen molar-refractivity contribution < 1.29 is 18.0 Å². The van der Waals surface area contributed by atoms with Crippen LogP contribution in [0.1, 0.15) is 53.0 Å². The number of hydrogen-bond donors (Lipinski definition) is 1. The predicted molar refractivity (Wildman–Crippen MR) is 161 cm³/mol. The topological polar surface area (TPSA) is 70.1 Å². The van der Waals surface area contributed by atoms with Crippen molar-refractivity contribution in [2.75, 3.05) is 4.90 Å². The molecule has 0 saturated carbocycles. The number of thioether (sulfide) groups is 1. The van der Waals surface area contributed by atoms with Gasteiger partial charge in [-0.2, -0.15) is 18.4 Å². The van der Waals surface area contributed by atoms with Crippen LogP contribution in [0, 0.1) is 25.2 Å². The largest absolute Gasteiger partial charge is 0.418 e. The lowest BCUT2D eigenvalue weighted by Crippen LogP contribution is -2.39. The molecule has 1 heterocycles. The van der Waals surface area contributed by atoms with Crippen LogP contribution in [0.2, 0.25) is 10.0 Å². The number of anilines is 1. The molecule has 216 valence electrons. The van der Waals surface area contributed by atoms with Crippen molar-refractivity contribution in [1.82, 2.24) is 0 Å². The number of carbonyl (C=O) groups excluding carboxylic acids is 1. The molecule has 0 aromatic heterocycles. The van der Waals surface area contributed by atoms with Crippen molar-refractivity contribution in [2.45, 2.75) is 55.9 Å². The van der Waals surface area contributed by atoms with E-state index in [1.165, 1.54) is 17.0 Å². The minimum atomic E-state index is -4.74. The summed E-state index contributed by atoms with van der Waals surface area (Å²) in [5.41, 5.74) is 9.72. The Kier molecular flexibility index (Phi) is 8.39. The van der Waals surface area contributed by atoms with Crippen LogP contribution >= 0.6 is 35.0 Å². The fourth-order valence-corrected chi connectivity index (χ4v) is 6.94. The molecule has 1 unspecified atom stereocenters. The average Bonchev–Trinajstić information content (AvgIpc) is 2.93. The Labute approximate surface area is 256 Å². The second-order valence-electron chi connectivity index (χ2n) is 10.4. The first-order chi connectivity index (χ1) is 19.9. The van der Waals surface area contributed by atoms with Gasteiger partial charge in [-0.15, -0.1) is 11.8 Å². The van der Waals surface area contributed by atoms with Gasteiger partial charge in [-0.05, 0) is 91.4 Å². The van der Waals surface area contributed by atoms with E-state index in [2.05, 4.69) is 6.07 Å². The summed E-state index contributed by atoms with van der Waals surface area (Å²) in [5.74, 6) is -0.497. The van der Waals surface area contributed by atoms with Gasteiger partial charge in [0, 0.05) is 38.4 Å². The molecule has 10 heteroatoms. The van der Waals surface area contributed by atoms with Gasteiger partial charge in [-0.25, -0.2) is 0 Å². The first kappa shape index (κ1) is 30.1. The quantitative estimate of drug-likeness (QED) is 0.285. The molecule has 4 nitrogen and oxygen atoms in total. The number of nitriles is 1. The number of hydrogen-bond acceptors (Lipinski definition) is 5. The van der Waals surface area contributed by atoms with Gasteiger partial charge in [-0.3, -0.25) is 9.69 Å². The number of halogens is 5. The Hall–Kier alpha value is -3.38. The summed E-state index contributed by atoms with van der Waals surface area (Å²) < 4.78 is 42.5. The van der Waals surface area contributed by atoms with Crippen molar-refractivity contribution >= 4 is 46.4 Å². The summed E-state index contributed by atoms with van der Waals surface area (Å²) in [6, 6.07) is 17.1. The number of ketones is 1. The number of carbonyl (C=O) groups is 1. The molecule has 0 fully saturated rings. The predicted octanol–water partition coefficient (Wildman–Crippen LogP) is 9.23. The van der Waals surface area contributed by atoms with E-state index >= 15 is 0 Å². The number of nitrogens with two attached hydrogens (primary N) is 1. The smallest absolute Gasteiger partial charge is 0.384 e. The molecular weight excluding hydrogens is 602 g/mol. The van der Waals surface area contributed by atoms with E-state index in [0.29, 0.717) is 34.9 Å². The lowest BCUT2D eigenvalue weighted by Gasteiger charge is -2.40. The van der Waals surface area contributed by atoms with Gasteiger partial charge in [0.05, 0.1) is 28.8 Å². The maximum absolute atomic E-state index is 14.2. The highest BCUT2D eigenvalue weighted by molar-refractivity contribution is 7.98. The second kappa shape index (κ2) is 11.7. The van der Waals surface area contributed by atoms with Gasteiger partial charge in [0.1, 0.15) is 5.82 Å². The summed E-state index contributed by atoms with van der Waals surface area (Å²) >= 11 is 13.6. The van der Waals surface area contributed by atoms with E-state index < -0.39 is 17.7 Å². The molecule has 0 amide bonds. The minimum Gasteiger partial charge on any atom is -0.384 e. The van der Waals surface area contributed by atoms with Crippen LogP contribution in [0.15, 0.2) is 82.2 Å². The van der Waals surface area contributed by atoms with Crippen molar-refractivity contribution in [3.63, 3.8) is 0 Å². The number of aryl methyl sites for hydroxylation is 2. The van der Waals surface area contributed by atoms with E-state index in [1.54, 1.807) is 11.8 Å². The van der Waals surface area contributed by atoms with Gasteiger partial charge < -0.3 is 5.73 Å². The first-order valence-electron chi connectivity index (χ1n) is 13.2. The lowest BCUT2D eigenvalue weighted by molar-refractivity contribution is -0.137. The molecule has 0 saturated heterocycles. The molecule has 42 heavy (non-hydrogen) atoms. The Balaban J connectivity index is 1.66. The summed E-state index contributed by atoms with van der Waals surface area (Å²) in [6.45, 7) is 3.91.